The summed E-state index contributed by atoms with van der Waals surface area (Å²) >= 11 is 0. The Kier molecular flexibility index (Phi) is 3.81. The lowest BCUT2D eigenvalue weighted by Crippen LogP contribution is -2.04. The van der Waals surface area contributed by atoms with Crippen LogP contribution in [-0.4, -0.2) is 5.78 Å². The summed E-state index contributed by atoms with van der Waals surface area (Å²) in [7, 11) is 0. The Labute approximate surface area is 129 Å². The molecular formula is C19H18F2O. The molecule has 0 radical (unpaired) electrons. The van der Waals surface area contributed by atoms with Crippen LogP contribution in [0.15, 0.2) is 24.3 Å². The molecule has 0 atom stereocenters. The molecule has 3 rings (SSSR count). The second kappa shape index (κ2) is 5.64. The van der Waals surface area contributed by atoms with Gasteiger partial charge in [0.25, 0.3) is 0 Å². The fraction of sp³-hybridized carbons (Fsp3) is 0.316. The lowest BCUT2D eigenvalue weighted by atomic mass is 9.98. The Morgan fingerprint density at radius 2 is 1.64 bits per heavy atom. The minimum absolute atomic E-state index is 0.0161. The van der Waals surface area contributed by atoms with Gasteiger partial charge in [0.1, 0.15) is 11.6 Å². The summed E-state index contributed by atoms with van der Waals surface area (Å²) in [6.45, 7) is 3.97. The molecule has 3 heteroatoms. The molecule has 0 spiro atoms. The monoisotopic (exact) mass is 300 g/mol. The third-order valence-electron chi connectivity index (χ3n) is 4.17. The molecule has 1 aliphatic rings. The van der Waals surface area contributed by atoms with Crippen molar-refractivity contribution in [3.05, 3.63) is 58.2 Å². The van der Waals surface area contributed by atoms with Crippen LogP contribution in [0, 0.1) is 11.6 Å². The van der Waals surface area contributed by atoms with Crippen LogP contribution in [0.25, 0.3) is 11.1 Å². The maximum absolute atomic E-state index is 14.6. The van der Waals surface area contributed by atoms with Crippen molar-refractivity contribution >= 4 is 5.78 Å². The number of ketones is 1. The van der Waals surface area contributed by atoms with Crippen LogP contribution in [0.5, 0.6) is 0 Å². The maximum atomic E-state index is 14.6. The van der Waals surface area contributed by atoms with Gasteiger partial charge < -0.3 is 0 Å². The number of carbonyl (C=O) groups is 1. The average Bonchev–Trinajstić information content (AvgIpc) is 2.76. The highest BCUT2D eigenvalue weighted by molar-refractivity contribution is 6.22. The third kappa shape index (κ3) is 2.16. The topological polar surface area (TPSA) is 17.1 Å². The molecule has 114 valence electrons. The van der Waals surface area contributed by atoms with Gasteiger partial charge in [-0.2, -0.15) is 0 Å². The summed E-state index contributed by atoms with van der Waals surface area (Å²) < 4.78 is 28.9. The Bertz CT molecular complexity index is 763. The van der Waals surface area contributed by atoms with E-state index in [2.05, 4.69) is 0 Å². The molecule has 1 nitrogen and oxygen atoms in total. The number of carbonyl (C=O) groups excluding carboxylic acids is 1. The predicted octanol–water partition coefficient (Wildman–Crippen LogP) is 5.08. The van der Waals surface area contributed by atoms with E-state index >= 15 is 0 Å². The van der Waals surface area contributed by atoms with E-state index in [1.165, 1.54) is 6.07 Å². The van der Waals surface area contributed by atoms with Crippen LogP contribution in [0.1, 0.15) is 53.7 Å². The van der Waals surface area contributed by atoms with Crippen molar-refractivity contribution in [1.29, 1.82) is 0 Å². The van der Waals surface area contributed by atoms with E-state index in [-0.39, 0.29) is 11.1 Å². The molecule has 0 N–H and O–H groups in total. The summed E-state index contributed by atoms with van der Waals surface area (Å²) in [5.74, 6) is -1.56. The minimum Gasteiger partial charge on any atom is -0.288 e. The van der Waals surface area contributed by atoms with Gasteiger partial charge >= 0.3 is 0 Å². The Balaban J connectivity index is 2.21. The van der Waals surface area contributed by atoms with Crippen LogP contribution >= 0.6 is 0 Å². The summed E-state index contributed by atoms with van der Waals surface area (Å²) in [6.07, 6.45) is 3.01. The number of rotatable bonds is 4. The molecule has 2 aromatic rings. The van der Waals surface area contributed by atoms with Crippen molar-refractivity contribution in [2.45, 2.75) is 39.5 Å². The first-order chi connectivity index (χ1) is 10.6. The van der Waals surface area contributed by atoms with Crippen molar-refractivity contribution < 1.29 is 13.6 Å². The van der Waals surface area contributed by atoms with E-state index in [4.69, 9.17) is 0 Å². The van der Waals surface area contributed by atoms with E-state index in [0.717, 1.165) is 24.8 Å². The van der Waals surface area contributed by atoms with E-state index in [0.29, 0.717) is 23.1 Å². The fourth-order valence-corrected chi connectivity index (χ4v) is 3.19. The number of fused-ring (bicyclic) bond motifs is 3. The van der Waals surface area contributed by atoms with Crippen molar-refractivity contribution in [2.24, 2.45) is 0 Å². The van der Waals surface area contributed by atoms with Crippen molar-refractivity contribution in [1.82, 2.24) is 0 Å². The van der Waals surface area contributed by atoms with Crippen LogP contribution in [0.3, 0.4) is 0 Å². The molecule has 0 bridgehead atoms. The zero-order valence-corrected chi connectivity index (χ0v) is 12.8. The van der Waals surface area contributed by atoms with Crippen molar-refractivity contribution in [2.75, 3.05) is 0 Å². The fourth-order valence-electron chi connectivity index (χ4n) is 3.19. The molecule has 1 aliphatic carbocycles. The molecule has 22 heavy (non-hydrogen) atoms. The largest absolute Gasteiger partial charge is 0.288 e. The molecular weight excluding hydrogens is 282 g/mol. The highest BCUT2D eigenvalue weighted by Crippen LogP contribution is 2.40. The van der Waals surface area contributed by atoms with Gasteiger partial charge in [0.2, 0.25) is 0 Å². The summed E-state index contributed by atoms with van der Waals surface area (Å²) in [4.78, 5) is 12.5. The molecule has 0 heterocycles. The average molecular weight is 300 g/mol. The Morgan fingerprint density at radius 1 is 0.909 bits per heavy atom. The second-order valence-corrected chi connectivity index (χ2v) is 5.79. The second-order valence-electron chi connectivity index (χ2n) is 5.79. The Morgan fingerprint density at radius 3 is 2.32 bits per heavy atom. The number of hydrogen-bond acceptors (Lipinski definition) is 1. The number of hydrogen-bond donors (Lipinski definition) is 0. The molecule has 0 saturated heterocycles. The number of halogens is 2. The SMILES string of the molecule is CCCc1cc(F)c2c(c1)-c1ccc(CCC)c(F)c1C2=O. The van der Waals surface area contributed by atoms with Gasteiger partial charge in [0.05, 0.1) is 11.1 Å². The maximum Gasteiger partial charge on any atom is 0.200 e. The summed E-state index contributed by atoms with van der Waals surface area (Å²) in [5, 5.41) is 0. The summed E-state index contributed by atoms with van der Waals surface area (Å²) in [5.41, 5.74) is 2.48. The number of aryl methyl sites for hydroxylation is 2. The molecule has 0 unspecified atom stereocenters. The van der Waals surface area contributed by atoms with Gasteiger partial charge in [-0.3, -0.25) is 4.79 Å². The van der Waals surface area contributed by atoms with Gasteiger partial charge in [-0.25, -0.2) is 8.78 Å². The molecule has 0 aromatic heterocycles. The van der Waals surface area contributed by atoms with Gasteiger partial charge in [-0.05, 0) is 41.2 Å². The standard InChI is InChI=1S/C19H18F2O/c1-3-5-11-9-14-13-8-7-12(6-4-2)18(21)17(13)19(22)16(14)15(20)10-11/h7-10H,3-6H2,1-2H3. The van der Waals surface area contributed by atoms with Gasteiger partial charge in [0, 0.05) is 0 Å². The molecule has 0 fully saturated rings. The molecule has 2 aromatic carbocycles. The lowest BCUT2D eigenvalue weighted by molar-refractivity contribution is 0.103. The first-order valence-corrected chi connectivity index (χ1v) is 7.77. The Hall–Kier alpha value is -2.03. The minimum atomic E-state index is -0.543. The first-order valence-electron chi connectivity index (χ1n) is 7.77. The lowest BCUT2D eigenvalue weighted by Gasteiger charge is -2.07. The van der Waals surface area contributed by atoms with E-state index in [1.54, 1.807) is 12.1 Å². The van der Waals surface area contributed by atoms with Gasteiger partial charge in [-0.15, -0.1) is 0 Å². The quantitative estimate of drug-likeness (QED) is 0.656. The normalized spacial score (nSPS) is 12.5. The zero-order chi connectivity index (χ0) is 15.9. The highest BCUT2D eigenvalue weighted by atomic mass is 19.1. The zero-order valence-electron chi connectivity index (χ0n) is 12.8. The number of benzene rings is 2. The van der Waals surface area contributed by atoms with Crippen LogP contribution in [0.2, 0.25) is 0 Å². The van der Waals surface area contributed by atoms with Crippen LogP contribution < -0.4 is 0 Å². The molecule has 0 aliphatic heterocycles. The van der Waals surface area contributed by atoms with Crippen LogP contribution in [0.4, 0.5) is 8.78 Å². The van der Waals surface area contributed by atoms with E-state index in [1.807, 2.05) is 19.9 Å². The van der Waals surface area contributed by atoms with Crippen molar-refractivity contribution in [3.63, 3.8) is 0 Å². The summed E-state index contributed by atoms with van der Waals surface area (Å²) in [6, 6.07) is 6.69. The third-order valence-corrected chi connectivity index (χ3v) is 4.17. The molecule has 0 amide bonds. The van der Waals surface area contributed by atoms with Gasteiger partial charge in [-0.1, -0.05) is 44.9 Å². The van der Waals surface area contributed by atoms with E-state index < -0.39 is 17.4 Å². The smallest absolute Gasteiger partial charge is 0.200 e. The van der Waals surface area contributed by atoms with Crippen molar-refractivity contribution in [3.8, 4) is 11.1 Å². The first kappa shape index (κ1) is 14.9. The van der Waals surface area contributed by atoms with E-state index in [9.17, 15) is 13.6 Å². The predicted molar refractivity (Wildman–Crippen MR) is 83.2 cm³/mol. The van der Waals surface area contributed by atoms with Crippen LogP contribution in [-0.2, 0) is 12.8 Å². The highest BCUT2D eigenvalue weighted by Gasteiger charge is 2.33. The van der Waals surface area contributed by atoms with Gasteiger partial charge in [0.15, 0.2) is 5.78 Å². The molecule has 0 saturated carbocycles.